The fourth-order valence-electron chi connectivity index (χ4n) is 4.86. The Labute approximate surface area is 195 Å². The molecule has 0 unspecified atom stereocenters. The zero-order chi connectivity index (χ0) is 22.4. The van der Waals surface area contributed by atoms with Crippen molar-refractivity contribution < 1.29 is 18.8 Å². The highest BCUT2D eigenvalue weighted by Crippen LogP contribution is 2.41. The lowest BCUT2D eigenvalue weighted by Gasteiger charge is -2.23. The monoisotopic (exact) mass is 464 g/mol. The van der Waals surface area contributed by atoms with Crippen LogP contribution in [0.15, 0.2) is 33.5 Å². The van der Waals surface area contributed by atoms with Crippen molar-refractivity contribution in [2.45, 2.75) is 39.2 Å². The number of fused-ring (bicyclic) bond motifs is 4. The van der Waals surface area contributed by atoms with Crippen LogP contribution in [0, 0.1) is 6.92 Å². The molecule has 0 saturated carbocycles. The molecule has 0 bridgehead atoms. The number of aryl methyl sites for hydroxylation is 3. The first-order chi connectivity index (χ1) is 16.1. The number of thiophene rings is 1. The number of morpholine rings is 1. The third-order valence-electron chi connectivity index (χ3n) is 6.57. The normalized spacial score (nSPS) is 16.9. The van der Waals surface area contributed by atoms with E-state index in [1.165, 1.54) is 34.2 Å². The number of ether oxygens (including phenoxy) is 2. The van der Waals surface area contributed by atoms with Crippen LogP contribution in [0.2, 0.25) is 0 Å². The molecule has 0 radical (unpaired) electrons. The highest BCUT2D eigenvalue weighted by molar-refractivity contribution is 7.18. The van der Waals surface area contributed by atoms with E-state index in [1.807, 2.05) is 19.1 Å². The van der Waals surface area contributed by atoms with Crippen LogP contribution < -0.4 is 15.3 Å². The van der Waals surface area contributed by atoms with Crippen LogP contribution in [0.25, 0.3) is 21.2 Å². The van der Waals surface area contributed by atoms with Crippen molar-refractivity contribution in [2.24, 2.45) is 0 Å². The number of quaternary nitrogens is 1. The van der Waals surface area contributed by atoms with Crippen LogP contribution in [-0.2, 0) is 24.1 Å². The minimum absolute atomic E-state index is 0.357. The lowest BCUT2D eigenvalue weighted by Crippen LogP contribution is -3.12. The number of benzene rings is 1. The van der Waals surface area contributed by atoms with Gasteiger partial charge >= 0.3 is 5.63 Å². The molecule has 1 aliphatic heterocycles. The highest BCUT2D eigenvalue weighted by atomic mass is 32.1. The van der Waals surface area contributed by atoms with Gasteiger partial charge in [0.1, 0.15) is 35.8 Å². The first-order valence-corrected chi connectivity index (χ1v) is 12.4. The Bertz CT molecular complexity index is 1400. The van der Waals surface area contributed by atoms with E-state index >= 15 is 0 Å². The Balaban J connectivity index is 1.43. The number of aromatic nitrogens is 2. The van der Waals surface area contributed by atoms with Gasteiger partial charge in [0.05, 0.1) is 18.6 Å². The van der Waals surface area contributed by atoms with Crippen molar-refractivity contribution in [2.75, 3.05) is 26.3 Å². The average Bonchev–Trinajstić information content (AvgIpc) is 3.18. The summed E-state index contributed by atoms with van der Waals surface area (Å²) in [4.78, 5) is 25.6. The zero-order valence-electron chi connectivity index (χ0n) is 18.6. The summed E-state index contributed by atoms with van der Waals surface area (Å²) in [6, 6.07) is 7.14. The maximum atomic E-state index is 11.9. The third-order valence-corrected chi connectivity index (χ3v) is 7.76. The maximum Gasteiger partial charge on any atom is 0.336 e. The molecular weight excluding hydrogens is 438 g/mol. The summed E-state index contributed by atoms with van der Waals surface area (Å²) in [7, 11) is 0. The van der Waals surface area contributed by atoms with Gasteiger partial charge in [-0.2, -0.15) is 4.98 Å². The molecule has 8 heteroatoms. The number of hydrogen-bond donors (Lipinski definition) is 1. The van der Waals surface area contributed by atoms with Crippen LogP contribution in [-0.4, -0.2) is 36.3 Å². The van der Waals surface area contributed by atoms with Crippen molar-refractivity contribution in [3.05, 3.63) is 56.5 Å². The van der Waals surface area contributed by atoms with Crippen molar-refractivity contribution in [1.29, 1.82) is 0 Å². The predicted octanol–water partition coefficient (Wildman–Crippen LogP) is 3.19. The molecule has 7 nitrogen and oxygen atoms in total. The summed E-state index contributed by atoms with van der Waals surface area (Å²) in [5.41, 5.74) is 2.39. The van der Waals surface area contributed by atoms with Gasteiger partial charge in [0.2, 0.25) is 5.88 Å². The first-order valence-electron chi connectivity index (χ1n) is 11.6. The standard InChI is InChI=1S/C25H25N3O4S/c1-15-12-22(29)32-19-13-16(6-7-17(15)19)31-24-23-18-4-2-3-5-20(18)33-25(23)27-21(26-24)14-28-8-10-30-11-9-28/h6-7,12-13H,2-5,8-11,14H2,1H3/p+1. The van der Waals surface area contributed by atoms with E-state index in [1.54, 1.807) is 17.4 Å². The van der Waals surface area contributed by atoms with Gasteiger partial charge in [-0.25, -0.2) is 9.78 Å². The van der Waals surface area contributed by atoms with Gasteiger partial charge in [-0.15, -0.1) is 11.3 Å². The van der Waals surface area contributed by atoms with Gasteiger partial charge in [0.25, 0.3) is 0 Å². The van der Waals surface area contributed by atoms with Crippen LogP contribution in [0.1, 0.15) is 34.7 Å². The van der Waals surface area contributed by atoms with Crippen LogP contribution >= 0.6 is 11.3 Å². The van der Waals surface area contributed by atoms with E-state index < -0.39 is 0 Å². The second-order valence-electron chi connectivity index (χ2n) is 8.88. The number of nitrogens with zero attached hydrogens (tertiary/aromatic N) is 2. The maximum absolute atomic E-state index is 11.9. The summed E-state index contributed by atoms with van der Waals surface area (Å²) < 4.78 is 17.3. The van der Waals surface area contributed by atoms with E-state index in [0.717, 1.165) is 72.7 Å². The second kappa shape index (κ2) is 8.52. The zero-order valence-corrected chi connectivity index (χ0v) is 19.4. The van der Waals surface area contributed by atoms with E-state index in [-0.39, 0.29) is 5.63 Å². The fourth-order valence-corrected chi connectivity index (χ4v) is 6.13. The molecule has 4 heterocycles. The summed E-state index contributed by atoms with van der Waals surface area (Å²) in [5, 5.41) is 1.94. The molecule has 0 amide bonds. The molecule has 3 aromatic heterocycles. The SMILES string of the molecule is Cc1cc(=O)oc2cc(Oc3nc(C[NH+]4CCOCC4)nc4sc5c(c34)CCCC5)ccc12. The van der Waals surface area contributed by atoms with Crippen molar-refractivity contribution in [1.82, 2.24) is 9.97 Å². The van der Waals surface area contributed by atoms with Crippen molar-refractivity contribution in [3.8, 4) is 11.6 Å². The summed E-state index contributed by atoms with van der Waals surface area (Å²) in [6.07, 6.45) is 4.53. The van der Waals surface area contributed by atoms with Crippen LogP contribution in [0.5, 0.6) is 11.6 Å². The minimum atomic E-state index is -0.357. The third kappa shape index (κ3) is 4.03. The van der Waals surface area contributed by atoms with Gasteiger partial charge in [-0.1, -0.05) is 0 Å². The highest BCUT2D eigenvalue weighted by Gasteiger charge is 2.24. The van der Waals surface area contributed by atoms with E-state index in [0.29, 0.717) is 17.2 Å². The Morgan fingerprint density at radius 1 is 1.12 bits per heavy atom. The van der Waals surface area contributed by atoms with Crippen LogP contribution in [0.4, 0.5) is 0 Å². The number of rotatable bonds is 4. The van der Waals surface area contributed by atoms with Gasteiger partial charge in [0.15, 0.2) is 5.82 Å². The van der Waals surface area contributed by atoms with E-state index in [9.17, 15) is 4.79 Å². The fraction of sp³-hybridized carbons (Fsp3) is 0.400. The van der Waals surface area contributed by atoms with Gasteiger partial charge in [0, 0.05) is 22.4 Å². The molecule has 1 N–H and O–H groups in total. The molecule has 1 fully saturated rings. The molecule has 6 rings (SSSR count). The minimum Gasteiger partial charge on any atom is -0.438 e. The second-order valence-corrected chi connectivity index (χ2v) is 9.97. The Morgan fingerprint density at radius 3 is 2.85 bits per heavy atom. The predicted molar refractivity (Wildman–Crippen MR) is 127 cm³/mol. The molecule has 4 aromatic rings. The smallest absolute Gasteiger partial charge is 0.336 e. The molecule has 1 saturated heterocycles. The van der Waals surface area contributed by atoms with Gasteiger partial charge in [-0.05, 0) is 55.9 Å². The Kier molecular flexibility index (Phi) is 5.36. The lowest BCUT2D eigenvalue weighted by molar-refractivity contribution is -0.922. The molecule has 1 aliphatic carbocycles. The molecular formula is C25H26N3O4S+. The average molecular weight is 465 g/mol. The van der Waals surface area contributed by atoms with Crippen molar-refractivity contribution in [3.63, 3.8) is 0 Å². The molecule has 1 aromatic carbocycles. The summed E-state index contributed by atoms with van der Waals surface area (Å²) in [5.74, 6) is 2.02. The number of hydrogen-bond acceptors (Lipinski definition) is 7. The topological polar surface area (TPSA) is 78.9 Å². The summed E-state index contributed by atoms with van der Waals surface area (Å²) >= 11 is 1.78. The van der Waals surface area contributed by atoms with E-state index in [2.05, 4.69) is 0 Å². The Morgan fingerprint density at radius 2 is 1.97 bits per heavy atom. The molecule has 2 aliphatic rings. The molecule has 0 spiro atoms. The van der Waals surface area contributed by atoms with E-state index in [4.69, 9.17) is 23.9 Å². The lowest BCUT2D eigenvalue weighted by atomic mass is 9.97. The molecule has 0 atom stereocenters. The van der Waals surface area contributed by atoms with Gasteiger partial charge in [-0.3, -0.25) is 0 Å². The van der Waals surface area contributed by atoms with Crippen molar-refractivity contribution >= 4 is 32.5 Å². The molecule has 170 valence electrons. The summed E-state index contributed by atoms with van der Waals surface area (Å²) in [6.45, 7) is 6.13. The Hall–Kier alpha value is -2.81. The number of nitrogens with one attached hydrogen (secondary N) is 1. The van der Waals surface area contributed by atoms with Gasteiger partial charge < -0.3 is 18.8 Å². The quantitative estimate of drug-likeness (QED) is 0.468. The largest absolute Gasteiger partial charge is 0.438 e. The molecule has 33 heavy (non-hydrogen) atoms. The first kappa shape index (κ1) is 20.8. The van der Waals surface area contributed by atoms with Crippen LogP contribution in [0.3, 0.4) is 0 Å².